The second kappa shape index (κ2) is 7.41. The van der Waals surface area contributed by atoms with Crippen molar-refractivity contribution in [3.05, 3.63) is 59.9 Å². The molecule has 0 fully saturated rings. The Bertz CT molecular complexity index is 962. The zero-order chi connectivity index (χ0) is 18.6. The van der Waals surface area contributed by atoms with Crippen LogP contribution < -0.4 is 24.8 Å². The quantitative estimate of drug-likeness (QED) is 0.687. The molecule has 2 aromatic carbocycles. The Labute approximate surface area is 157 Å². The third kappa shape index (κ3) is 3.87. The van der Waals surface area contributed by atoms with Crippen LogP contribution in [0.5, 0.6) is 17.2 Å². The number of rotatable bonds is 6. The van der Waals surface area contributed by atoms with Crippen LogP contribution in [0.25, 0.3) is 0 Å². The first-order chi connectivity index (χ1) is 13.2. The van der Waals surface area contributed by atoms with Gasteiger partial charge < -0.3 is 24.8 Å². The summed E-state index contributed by atoms with van der Waals surface area (Å²) >= 11 is 0. The number of benzene rings is 2. The molecule has 7 nitrogen and oxygen atoms in total. The van der Waals surface area contributed by atoms with Crippen LogP contribution in [0.3, 0.4) is 0 Å². The van der Waals surface area contributed by atoms with Crippen LogP contribution in [-0.4, -0.2) is 23.9 Å². The smallest absolute Gasteiger partial charge is 0.231 e. The summed E-state index contributed by atoms with van der Waals surface area (Å²) in [6.45, 7) is 2.75. The summed E-state index contributed by atoms with van der Waals surface area (Å²) in [5.74, 6) is 4.40. The van der Waals surface area contributed by atoms with Gasteiger partial charge in [-0.25, -0.2) is 9.97 Å². The fourth-order valence-corrected chi connectivity index (χ4v) is 2.85. The highest BCUT2D eigenvalue weighted by atomic mass is 16.7. The standard InChI is InChI=1S/C20H20N4O3/c1-13-22-19(21-11-14-7-8-17-18(9-14)27-12-26-17)10-20(23-13)24-15-5-3-4-6-16(15)25-2/h3-10H,11-12H2,1-2H3,(H2,21,22,23,24). The number of hydrogen-bond acceptors (Lipinski definition) is 7. The summed E-state index contributed by atoms with van der Waals surface area (Å²) in [7, 11) is 1.64. The number of anilines is 3. The van der Waals surface area contributed by atoms with Gasteiger partial charge in [0.2, 0.25) is 6.79 Å². The molecule has 0 spiro atoms. The Morgan fingerprint density at radius 3 is 2.70 bits per heavy atom. The predicted octanol–water partition coefficient (Wildman–Crippen LogP) is 3.88. The molecule has 1 aliphatic heterocycles. The van der Waals surface area contributed by atoms with Crippen molar-refractivity contribution in [1.29, 1.82) is 0 Å². The lowest BCUT2D eigenvalue weighted by atomic mass is 10.2. The van der Waals surface area contributed by atoms with Crippen LogP contribution >= 0.6 is 0 Å². The first-order valence-corrected chi connectivity index (χ1v) is 8.59. The highest BCUT2D eigenvalue weighted by Crippen LogP contribution is 2.32. The topological polar surface area (TPSA) is 77.5 Å². The summed E-state index contributed by atoms with van der Waals surface area (Å²) in [4.78, 5) is 8.91. The number of aryl methyl sites for hydroxylation is 1. The first-order valence-electron chi connectivity index (χ1n) is 8.59. The van der Waals surface area contributed by atoms with Crippen LogP contribution in [0.1, 0.15) is 11.4 Å². The average molecular weight is 364 g/mol. The molecule has 3 aromatic rings. The van der Waals surface area contributed by atoms with Crippen molar-refractivity contribution < 1.29 is 14.2 Å². The lowest BCUT2D eigenvalue weighted by Crippen LogP contribution is -2.05. The van der Waals surface area contributed by atoms with E-state index in [1.807, 2.05) is 55.5 Å². The summed E-state index contributed by atoms with van der Waals surface area (Å²) in [5, 5.41) is 6.61. The van der Waals surface area contributed by atoms with Crippen molar-refractivity contribution in [2.45, 2.75) is 13.5 Å². The lowest BCUT2D eigenvalue weighted by Gasteiger charge is -2.12. The lowest BCUT2D eigenvalue weighted by molar-refractivity contribution is 0.174. The predicted molar refractivity (Wildman–Crippen MR) is 103 cm³/mol. The van der Waals surface area contributed by atoms with E-state index in [9.17, 15) is 0 Å². The van der Waals surface area contributed by atoms with Crippen molar-refractivity contribution in [1.82, 2.24) is 9.97 Å². The third-order valence-electron chi connectivity index (χ3n) is 4.12. The Kier molecular flexibility index (Phi) is 4.65. The van der Waals surface area contributed by atoms with Crippen molar-refractivity contribution in [3.8, 4) is 17.2 Å². The molecule has 2 heterocycles. The summed E-state index contributed by atoms with van der Waals surface area (Å²) in [6.07, 6.45) is 0. The molecule has 1 aliphatic rings. The number of aromatic nitrogens is 2. The second-order valence-electron chi connectivity index (χ2n) is 6.05. The number of nitrogens with one attached hydrogen (secondary N) is 2. The van der Waals surface area contributed by atoms with E-state index in [0.717, 1.165) is 34.3 Å². The number of nitrogens with zero attached hydrogens (tertiary/aromatic N) is 2. The fraction of sp³-hybridized carbons (Fsp3) is 0.200. The van der Waals surface area contributed by atoms with Crippen molar-refractivity contribution >= 4 is 17.3 Å². The van der Waals surface area contributed by atoms with Crippen LogP contribution in [0.4, 0.5) is 17.3 Å². The van der Waals surface area contributed by atoms with Gasteiger partial charge in [0.05, 0.1) is 12.8 Å². The van der Waals surface area contributed by atoms with Gasteiger partial charge in [0.25, 0.3) is 0 Å². The van der Waals surface area contributed by atoms with Crippen LogP contribution in [0.2, 0.25) is 0 Å². The molecule has 0 aliphatic carbocycles. The van der Waals surface area contributed by atoms with Gasteiger partial charge in [-0.15, -0.1) is 0 Å². The molecule has 0 atom stereocenters. The highest BCUT2D eigenvalue weighted by molar-refractivity contribution is 5.65. The Morgan fingerprint density at radius 2 is 1.81 bits per heavy atom. The molecule has 0 saturated carbocycles. The SMILES string of the molecule is COc1ccccc1Nc1cc(NCc2ccc3c(c2)OCO3)nc(C)n1. The molecule has 1 aromatic heterocycles. The normalized spacial score (nSPS) is 11.9. The molecule has 0 amide bonds. The minimum Gasteiger partial charge on any atom is -0.495 e. The van der Waals surface area contributed by atoms with E-state index in [0.29, 0.717) is 18.2 Å². The minimum absolute atomic E-state index is 0.273. The van der Waals surface area contributed by atoms with Crippen LogP contribution in [0.15, 0.2) is 48.5 Å². The molecule has 0 radical (unpaired) electrons. The molecule has 7 heteroatoms. The van der Waals surface area contributed by atoms with Gasteiger partial charge >= 0.3 is 0 Å². The highest BCUT2D eigenvalue weighted by Gasteiger charge is 2.13. The van der Waals surface area contributed by atoms with E-state index in [1.54, 1.807) is 7.11 Å². The van der Waals surface area contributed by atoms with Gasteiger partial charge in [0.15, 0.2) is 11.5 Å². The molecular formula is C20H20N4O3. The third-order valence-corrected chi connectivity index (χ3v) is 4.12. The number of methoxy groups -OCH3 is 1. The molecule has 2 N–H and O–H groups in total. The van der Waals surface area contributed by atoms with Gasteiger partial charge in [0, 0.05) is 12.6 Å². The second-order valence-corrected chi connectivity index (χ2v) is 6.05. The Morgan fingerprint density at radius 1 is 1.00 bits per heavy atom. The van der Waals surface area contributed by atoms with E-state index < -0.39 is 0 Å². The largest absolute Gasteiger partial charge is 0.495 e. The summed E-state index contributed by atoms with van der Waals surface area (Å²) in [5.41, 5.74) is 1.93. The number of para-hydroxylation sites is 2. The number of hydrogen-bond donors (Lipinski definition) is 2. The minimum atomic E-state index is 0.273. The van der Waals surface area contributed by atoms with E-state index >= 15 is 0 Å². The van der Waals surface area contributed by atoms with Gasteiger partial charge in [0.1, 0.15) is 23.2 Å². The molecular weight excluding hydrogens is 344 g/mol. The summed E-state index contributed by atoms with van der Waals surface area (Å²) < 4.78 is 16.1. The number of fused-ring (bicyclic) bond motifs is 1. The monoisotopic (exact) mass is 364 g/mol. The van der Waals surface area contributed by atoms with Gasteiger partial charge in [-0.05, 0) is 36.8 Å². The molecule has 4 rings (SSSR count). The molecule has 27 heavy (non-hydrogen) atoms. The fourth-order valence-electron chi connectivity index (χ4n) is 2.85. The van der Waals surface area contributed by atoms with Gasteiger partial charge in [-0.3, -0.25) is 0 Å². The van der Waals surface area contributed by atoms with Gasteiger partial charge in [-0.2, -0.15) is 0 Å². The maximum absolute atomic E-state index is 5.42. The van der Waals surface area contributed by atoms with Crippen LogP contribution in [-0.2, 0) is 6.54 Å². The van der Waals surface area contributed by atoms with E-state index in [-0.39, 0.29) is 6.79 Å². The summed E-state index contributed by atoms with van der Waals surface area (Å²) in [6, 6.07) is 15.5. The number of ether oxygens (including phenoxy) is 3. The zero-order valence-corrected chi connectivity index (χ0v) is 15.2. The van der Waals surface area contributed by atoms with Crippen molar-refractivity contribution in [2.24, 2.45) is 0 Å². The van der Waals surface area contributed by atoms with Crippen molar-refractivity contribution in [2.75, 3.05) is 24.5 Å². The van der Waals surface area contributed by atoms with Crippen LogP contribution in [0, 0.1) is 6.92 Å². The van der Waals surface area contributed by atoms with Crippen molar-refractivity contribution in [3.63, 3.8) is 0 Å². The molecule has 0 saturated heterocycles. The Balaban J connectivity index is 1.49. The average Bonchev–Trinajstić information content (AvgIpc) is 3.14. The van der Waals surface area contributed by atoms with E-state index in [1.165, 1.54) is 0 Å². The first kappa shape index (κ1) is 17.0. The zero-order valence-electron chi connectivity index (χ0n) is 15.2. The Hall–Kier alpha value is -3.48. The van der Waals surface area contributed by atoms with E-state index in [4.69, 9.17) is 14.2 Å². The molecule has 138 valence electrons. The molecule has 0 unspecified atom stereocenters. The van der Waals surface area contributed by atoms with E-state index in [2.05, 4.69) is 20.6 Å². The van der Waals surface area contributed by atoms with Gasteiger partial charge in [-0.1, -0.05) is 18.2 Å². The molecule has 0 bridgehead atoms. The maximum Gasteiger partial charge on any atom is 0.231 e. The maximum atomic E-state index is 5.42.